The summed E-state index contributed by atoms with van der Waals surface area (Å²) in [7, 11) is 1.69. The summed E-state index contributed by atoms with van der Waals surface area (Å²) in [5.41, 5.74) is 4.43. The first-order valence-electron chi connectivity index (χ1n) is 6.49. The molecule has 0 aliphatic rings. The van der Waals surface area contributed by atoms with Gasteiger partial charge in [0.25, 0.3) is 0 Å². The molecule has 0 saturated carbocycles. The van der Waals surface area contributed by atoms with Crippen LogP contribution >= 0.6 is 22.7 Å². The average Bonchev–Trinajstić information content (AvgIpc) is 3.24. The predicted octanol–water partition coefficient (Wildman–Crippen LogP) is 5.03. The molecule has 0 spiro atoms. The smallest absolute Gasteiger partial charge is 0.126 e. The van der Waals surface area contributed by atoms with Gasteiger partial charge in [0.05, 0.1) is 12.8 Å². The third kappa shape index (κ3) is 2.14. The van der Waals surface area contributed by atoms with E-state index in [4.69, 9.17) is 9.72 Å². The highest BCUT2D eigenvalue weighted by Gasteiger charge is 2.12. The number of nitrogens with zero attached hydrogens (tertiary/aromatic N) is 1. The summed E-state index contributed by atoms with van der Waals surface area (Å²) >= 11 is 3.36. The Bertz CT molecular complexity index is 890. The molecule has 0 atom stereocenters. The molecule has 1 N–H and O–H groups in total. The number of rotatable bonds is 3. The van der Waals surface area contributed by atoms with Gasteiger partial charge in [0.15, 0.2) is 0 Å². The number of aromatic amines is 1. The summed E-state index contributed by atoms with van der Waals surface area (Å²) in [5.74, 6) is 0.859. The molecule has 0 saturated heterocycles. The topological polar surface area (TPSA) is 37.9 Å². The monoisotopic (exact) mass is 312 g/mol. The van der Waals surface area contributed by atoms with Crippen LogP contribution in [0, 0.1) is 0 Å². The van der Waals surface area contributed by atoms with Crippen LogP contribution < -0.4 is 4.74 Å². The van der Waals surface area contributed by atoms with Gasteiger partial charge in [-0.2, -0.15) is 11.3 Å². The van der Waals surface area contributed by atoms with E-state index in [0.29, 0.717) is 0 Å². The first-order valence-corrected chi connectivity index (χ1v) is 8.31. The molecule has 0 amide bonds. The molecule has 0 unspecified atom stereocenters. The van der Waals surface area contributed by atoms with Crippen molar-refractivity contribution >= 4 is 33.6 Å². The van der Waals surface area contributed by atoms with Crippen LogP contribution in [-0.4, -0.2) is 17.1 Å². The fourth-order valence-corrected chi connectivity index (χ4v) is 3.85. The van der Waals surface area contributed by atoms with E-state index in [9.17, 15) is 0 Å². The largest absolute Gasteiger partial charge is 0.497 e. The molecule has 0 fully saturated rings. The Morgan fingerprint density at radius 2 is 2.14 bits per heavy atom. The second-order valence-corrected chi connectivity index (χ2v) is 6.30. The van der Waals surface area contributed by atoms with Crippen LogP contribution in [0.2, 0.25) is 0 Å². The molecule has 3 nitrogen and oxygen atoms in total. The predicted molar refractivity (Wildman–Crippen MR) is 89.3 cm³/mol. The van der Waals surface area contributed by atoms with Gasteiger partial charge in [0, 0.05) is 39.0 Å². The van der Waals surface area contributed by atoms with Crippen LogP contribution in [0.3, 0.4) is 0 Å². The molecular formula is C16H12N2OS2. The Balaban J connectivity index is 1.83. The summed E-state index contributed by atoms with van der Waals surface area (Å²) in [4.78, 5) is 8.06. The number of methoxy groups -OCH3 is 1. The zero-order chi connectivity index (χ0) is 14.2. The highest BCUT2D eigenvalue weighted by Crippen LogP contribution is 2.35. The summed E-state index contributed by atoms with van der Waals surface area (Å²) < 4.78 is 5.32. The molecule has 1 aromatic carbocycles. The molecule has 0 aliphatic heterocycles. The number of hydrogen-bond acceptors (Lipinski definition) is 4. The van der Waals surface area contributed by atoms with E-state index in [1.165, 1.54) is 5.56 Å². The van der Waals surface area contributed by atoms with Crippen molar-refractivity contribution in [2.24, 2.45) is 0 Å². The summed E-state index contributed by atoms with van der Waals surface area (Å²) in [6.45, 7) is 0. The Kier molecular flexibility index (Phi) is 3.02. The number of nitrogens with one attached hydrogen (secondary N) is 1. The number of fused-ring (bicyclic) bond motifs is 1. The van der Waals surface area contributed by atoms with Gasteiger partial charge in [-0.1, -0.05) is 0 Å². The van der Waals surface area contributed by atoms with Crippen LogP contribution in [0.15, 0.2) is 46.6 Å². The molecule has 104 valence electrons. The third-order valence-electron chi connectivity index (χ3n) is 3.44. The number of hydrogen-bond donors (Lipinski definition) is 1. The van der Waals surface area contributed by atoms with Crippen molar-refractivity contribution in [1.29, 1.82) is 0 Å². The Hall–Kier alpha value is -2.11. The molecule has 3 aromatic heterocycles. The Morgan fingerprint density at radius 3 is 2.95 bits per heavy atom. The van der Waals surface area contributed by atoms with Crippen LogP contribution in [0.5, 0.6) is 5.75 Å². The first-order chi connectivity index (χ1) is 10.3. The Morgan fingerprint density at radius 1 is 1.19 bits per heavy atom. The van der Waals surface area contributed by atoms with E-state index >= 15 is 0 Å². The molecule has 0 aliphatic carbocycles. The van der Waals surface area contributed by atoms with Crippen molar-refractivity contribution in [3.05, 3.63) is 46.6 Å². The summed E-state index contributed by atoms with van der Waals surface area (Å²) in [5, 5.41) is 8.47. The fraction of sp³-hybridized carbons (Fsp3) is 0.0625. The highest BCUT2D eigenvalue weighted by molar-refractivity contribution is 7.13. The molecule has 3 heterocycles. The van der Waals surface area contributed by atoms with Gasteiger partial charge in [0.1, 0.15) is 10.8 Å². The van der Waals surface area contributed by atoms with Crippen molar-refractivity contribution in [1.82, 2.24) is 9.97 Å². The number of thiazole rings is 1. The summed E-state index contributed by atoms with van der Waals surface area (Å²) in [6, 6.07) is 8.14. The maximum atomic E-state index is 5.32. The fourth-order valence-electron chi connectivity index (χ4n) is 2.34. The van der Waals surface area contributed by atoms with Crippen LogP contribution in [0.4, 0.5) is 0 Å². The molecule has 21 heavy (non-hydrogen) atoms. The maximum absolute atomic E-state index is 5.32. The lowest BCUT2D eigenvalue weighted by Crippen LogP contribution is -1.82. The molecule has 0 radical (unpaired) electrons. The van der Waals surface area contributed by atoms with Gasteiger partial charge >= 0.3 is 0 Å². The minimum absolute atomic E-state index is 0.859. The number of benzene rings is 1. The number of ether oxygens (including phenoxy) is 1. The SMILES string of the molecule is COc1ccc2[nH]cc(-c3nc(-c4ccsc4)cs3)c2c1. The van der Waals surface area contributed by atoms with E-state index in [1.807, 2.05) is 24.4 Å². The molecule has 4 aromatic rings. The van der Waals surface area contributed by atoms with E-state index in [-0.39, 0.29) is 0 Å². The minimum atomic E-state index is 0.859. The van der Waals surface area contributed by atoms with Crippen molar-refractivity contribution in [3.8, 4) is 27.6 Å². The van der Waals surface area contributed by atoms with E-state index in [2.05, 4.69) is 27.2 Å². The number of thiophene rings is 1. The number of aromatic nitrogens is 2. The van der Waals surface area contributed by atoms with Crippen LogP contribution in [0.25, 0.3) is 32.7 Å². The third-order valence-corrected chi connectivity index (χ3v) is 5.00. The highest BCUT2D eigenvalue weighted by atomic mass is 32.1. The molecule has 5 heteroatoms. The normalized spacial score (nSPS) is 11.1. The van der Waals surface area contributed by atoms with E-state index < -0.39 is 0 Å². The lowest BCUT2D eigenvalue weighted by molar-refractivity contribution is 0.415. The van der Waals surface area contributed by atoms with Crippen molar-refractivity contribution in [2.45, 2.75) is 0 Å². The second-order valence-electron chi connectivity index (χ2n) is 4.66. The first kappa shape index (κ1) is 12.6. The minimum Gasteiger partial charge on any atom is -0.497 e. The maximum Gasteiger partial charge on any atom is 0.126 e. The molecular weight excluding hydrogens is 300 g/mol. The summed E-state index contributed by atoms with van der Waals surface area (Å²) in [6.07, 6.45) is 2.01. The number of H-pyrrole nitrogens is 1. The van der Waals surface area contributed by atoms with Crippen molar-refractivity contribution in [3.63, 3.8) is 0 Å². The lowest BCUT2D eigenvalue weighted by atomic mass is 10.1. The zero-order valence-electron chi connectivity index (χ0n) is 11.3. The van der Waals surface area contributed by atoms with Gasteiger partial charge in [-0.25, -0.2) is 4.98 Å². The second kappa shape index (κ2) is 5.02. The zero-order valence-corrected chi connectivity index (χ0v) is 12.9. The van der Waals surface area contributed by atoms with Gasteiger partial charge < -0.3 is 9.72 Å². The van der Waals surface area contributed by atoms with Crippen molar-refractivity contribution in [2.75, 3.05) is 7.11 Å². The van der Waals surface area contributed by atoms with Gasteiger partial charge in [-0.15, -0.1) is 11.3 Å². The van der Waals surface area contributed by atoms with E-state index in [1.54, 1.807) is 29.8 Å². The van der Waals surface area contributed by atoms with Gasteiger partial charge in [0.2, 0.25) is 0 Å². The molecule has 4 rings (SSSR count). The lowest BCUT2D eigenvalue weighted by Gasteiger charge is -2.00. The quantitative estimate of drug-likeness (QED) is 0.576. The van der Waals surface area contributed by atoms with Gasteiger partial charge in [-0.05, 0) is 29.6 Å². The van der Waals surface area contributed by atoms with Crippen molar-refractivity contribution < 1.29 is 4.74 Å². The van der Waals surface area contributed by atoms with Crippen LogP contribution in [0.1, 0.15) is 0 Å². The standard InChI is InChI=1S/C16H12N2OS2/c1-19-11-2-3-14-12(6-11)13(7-17-14)16-18-15(9-21-16)10-4-5-20-8-10/h2-9,17H,1H3. The average molecular weight is 312 g/mol. The Labute approximate surface area is 129 Å². The van der Waals surface area contributed by atoms with Gasteiger partial charge in [-0.3, -0.25) is 0 Å². The van der Waals surface area contributed by atoms with Crippen LogP contribution in [-0.2, 0) is 0 Å². The molecule has 0 bridgehead atoms. The van der Waals surface area contributed by atoms with E-state index in [0.717, 1.165) is 32.9 Å².